The van der Waals surface area contributed by atoms with Crippen molar-refractivity contribution in [1.29, 1.82) is 0 Å². The molecule has 100 valence electrons. The third-order valence-electron chi connectivity index (χ3n) is 3.19. The van der Waals surface area contributed by atoms with Gasteiger partial charge in [-0.1, -0.05) is 6.92 Å². The molecular weight excluding hydrogens is 220 g/mol. The molecule has 5 heteroatoms. The van der Waals surface area contributed by atoms with Gasteiger partial charge in [0.2, 0.25) is 5.91 Å². The summed E-state index contributed by atoms with van der Waals surface area (Å²) in [4.78, 5) is 11.9. The minimum absolute atomic E-state index is 0.0840. The number of ether oxygens (including phenoxy) is 1. The van der Waals surface area contributed by atoms with E-state index in [9.17, 15) is 9.90 Å². The monoisotopic (exact) mass is 244 g/mol. The fourth-order valence-electron chi connectivity index (χ4n) is 1.92. The van der Waals surface area contributed by atoms with Crippen LogP contribution < -0.4 is 10.6 Å². The molecule has 0 spiro atoms. The summed E-state index contributed by atoms with van der Waals surface area (Å²) in [5.41, 5.74) is -1.41. The molecule has 0 radical (unpaired) electrons. The van der Waals surface area contributed by atoms with Gasteiger partial charge in [-0.25, -0.2) is 0 Å². The van der Waals surface area contributed by atoms with E-state index in [2.05, 4.69) is 10.6 Å². The maximum absolute atomic E-state index is 11.9. The average Bonchev–Trinajstić information content (AvgIpc) is 2.27. The number of hydrogen-bond donors (Lipinski definition) is 3. The number of hydrogen-bond acceptors (Lipinski definition) is 4. The molecule has 1 amide bonds. The summed E-state index contributed by atoms with van der Waals surface area (Å²) in [5, 5.41) is 16.1. The molecule has 1 aliphatic rings. The molecule has 0 bridgehead atoms. The van der Waals surface area contributed by atoms with Crippen LogP contribution in [0, 0.1) is 0 Å². The molecule has 1 aliphatic heterocycles. The van der Waals surface area contributed by atoms with Crippen LogP contribution in [-0.2, 0) is 9.53 Å². The van der Waals surface area contributed by atoms with Crippen molar-refractivity contribution >= 4 is 5.91 Å². The standard InChI is InChI=1S/C12H24N2O3/c1-4-14-11(2,3)10(15)13-9-12(16)5-7-17-8-6-12/h14,16H,4-9H2,1-3H3,(H,13,15). The first-order chi connectivity index (χ1) is 7.90. The van der Waals surface area contributed by atoms with Crippen molar-refractivity contribution in [2.45, 2.75) is 44.8 Å². The zero-order valence-electron chi connectivity index (χ0n) is 11.0. The van der Waals surface area contributed by atoms with Crippen LogP contribution in [0.5, 0.6) is 0 Å². The molecule has 3 N–H and O–H groups in total. The Morgan fingerprint density at radius 2 is 2.00 bits per heavy atom. The number of likely N-dealkylation sites (N-methyl/N-ethyl adjacent to an activating group) is 1. The van der Waals surface area contributed by atoms with Crippen LogP contribution in [0.15, 0.2) is 0 Å². The fraction of sp³-hybridized carbons (Fsp3) is 0.917. The van der Waals surface area contributed by atoms with Gasteiger partial charge >= 0.3 is 0 Å². The Morgan fingerprint density at radius 3 is 2.53 bits per heavy atom. The number of rotatable bonds is 5. The fourth-order valence-corrected chi connectivity index (χ4v) is 1.92. The second kappa shape index (κ2) is 5.80. The zero-order valence-corrected chi connectivity index (χ0v) is 11.0. The summed E-state index contributed by atoms with van der Waals surface area (Å²) >= 11 is 0. The Balaban J connectivity index is 2.41. The van der Waals surface area contributed by atoms with Crippen LogP contribution in [0.4, 0.5) is 0 Å². The molecule has 1 heterocycles. The van der Waals surface area contributed by atoms with Crippen LogP contribution in [-0.4, -0.2) is 48.5 Å². The Labute approximate surface area is 103 Å². The SMILES string of the molecule is CCNC(C)(C)C(=O)NCC1(O)CCOCC1. The molecule has 17 heavy (non-hydrogen) atoms. The van der Waals surface area contributed by atoms with Crippen molar-refractivity contribution in [1.82, 2.24) is 10.6 Å². The second-order valence-corrected chi connectivity index (χ2v) is 5.17. The van der Waals surface area contributed by atoms with E-state index >= 15 is 0 Å². The highest BCUT2D eigenvalue weighted by Crippen LogP contribution is 2.19. The Morgan fingerprint density at radius 1 is 1.41 bits per heavy atom. The van der Waals surface area contributed by atoms with Crippen molar-refractivity contribution < 1.29 is 14.6 Å². The molecule has 0 unspecified atom stereocenters. The first-order valence-electron chi connectivity index (χ1n) is 6.23. The molecule has 1 saturated heterocycles. The third kappa shape index (κ3) is 4.26. The molecule has 0 aromatic carbocycles. The van der Waals surface area contributed by atoms with Gasteiger partial charge in [-0.3, -0.25) is 4.79 Å². The highest BCUT2D eigenvalue weighted by atomic mass is 16.5. The lowest BCUT2D eigenvalue weighted by atomic mass is 9.94. The van der Waals surface area contributed by atoms with Gasteiger partial charge in [0.15, 0.2) is 0 Å². The minimum atomic E-state index is -0.809. The Kier molecular flexibility index (Phi) is 4.91. The van der Waals surface area contributed by atoms with E-state index in [0.29, 0.717) is 32.6 Å². The van der Waals surface area contributed by atoms with Crippen LogP contribution in [0.25, 0.3) is 0 Å². The number of nitrogens with one attached hydrogen (secondary N) is 2. The van der Waals surface area contributed by atoms with Gasteiger partial charge in [0.25, 0.3) is 0 Å². The second-order valence-electron chi connectivity index (χ2n) is 5.17. The summed E-state index contributed by atoms with van der Waals surface area (Å²) in [7, 11) is 0. The predicted molar refractivity (Wildman–Crippen MR) is 65.8 cm³/mol. The lowest BCUT2D eigenvalue weighted by molar-refractivity contribution is -0.129. The molecule has 0 atom stereocenters. The normalized spacial score (nSPS) is 20.0. The smallest absolute Gasteiger partial charge is 0.239 e. The molecule has 1 fully saturated rings. The van der Waals surface area contributed by atoms with Crippen molar-refractivity contribution in [2.75, 3.05) is 26.3 Å². The largest absolute Gasteiger partial charge is 0.388 e. The molecule has 5 nitrogen and oxygen atoms in total. The van der Waals surface area contributed by atoms with Gasteiger partial charge in [-0.05, 0) is 20.4 Å². The summed E-state index contributed by atoms with van der Waals surface area (Å²) in [6.07, 6.45) is 1.16. The number of amides is 1. The highest BCUT2D eigenvalue weighted by Gasteiger charge is 2.33. The molecule has 1 rings (SSSR count). The predicted octanol–water partition coefficient (Wildman–Crippen LogP) is 0.0322. The van der Waals surface area contributed by atoms with Gasteiger partial charge < -0.3 is 20.5 Å². The maximum Gasteiger partial charge on any atom is 0.239 e. The van der Waals surface area contributed by atoms with Gasteiger partial charge in [0.1, 0.15) is 0 Å². The first-order valence-corrected chi connectivity index (χ1v) is 6.23. The van der Waals surface area contributed by atoms with Gasteiger partial charge in [0, 0.05) is 32.6 Å². The topological polar surface area (TPSA) is 70.6 Å². The lowest BCUT2D eigenvalue weighted by Gasteiger charge is -2.33. The molecule has 0 aliphatic carbocycles. The third-order valence-corrected chi connectivity index (χ3v) is 3.19. The molecule has 0 aromatic rings. The molecular formula is C12H24N2O3. The first kappa shape index (κ1) is 14.4. The van der Waals surface area contributed by atoms with Crippen LogP contribution in [0.2, 0.25) is 0 Å². The summed E-state index contributed by atoms with van der Waals surface area (Å²) in [6, 6.07) is 0. The average molecular weight is 244 g/mol. The van der Waals surface area contributed by atoms with E-state index < -0.39 is 11.1 Å². The van der Waals surface area contributed by atoms with Crippen LogP contribution in [0.1, 0.15) is 33.6 Å². The van der Waals surface area contributed by atoms with Gasteiger partial charge in [-0.15, -0.1) is 0 Å². The number of carbonyl (C=O) groups excluding carboxylic acids is 1. The summed E-state index contributed by atoms with van der Waals surface area (Å²) in [6.45, 7) is 7.77. The zero-order chi connectivity index (χ0) is 12.9. The number of carbonyl (C=O) groups is 1. The summed E-state index contributed by atoms with van der Waals surface area (Å²) < 4.78 is 5.19. The number of aliphatic hydroxyl groups is 1. The van der Waals surface area contributed by atoms with Crippen molar-refractivity contribution in [3.8, 4) is 0 Å². The van der Waals surface area contributed by atoms with E-state index in [0.717, 1.165) is 6.54 Å². The van der Waals surface area contributed by atoms with E-state index in [4.69, 9.17) is 4.74 Å². The summed E-state index contributed by atoms with van der Waals surface area (Å²) in [5.74, 6) is -0.0840. The van der Waals surface area contributed by atoms with Gasteiger partial charge in [-0.2, -0.15) is 0 Å². The molecule has 0 aromatic heterocycles. The van der Waals surface area contributed by atoms with E-state index in [-0.39, 0.29) is 5.91 Å². The van der Waals surface area contributed by atoms with Crippen molar-refractivity contribution in [3.05, 3.63) is 0 Å². The molecule has 0 saturated carbocycles. The minimum Gasteiger partial charge on any atom is -0.388 e. The highest BCUT2D eigenvalue weighted by molar-refractivity contribution is 5.85. The van der Waals surface area contributed by atoms with Crippen molar-refractivity contribution in [3.63, 3.8) is 0 Å². The van der Waals surface area contributed by atoms with Crippen LogP contribution in [0.3, 0.4) is 0 Å². The Hall–Kier alpha value is -0.650. The van der Waals surface area contributed by atoms with Crippen LogP contribution >= 0.6 is 0 Å². The quantitative estimate of drug-likeness (QED) is 0.638. The van der Waals surface area contributed by atoms with Crippen molar-refractivity contribution in [2.24, 2.45) is 0 Å². The van der Waals surface area contributed by atoms with E-state index in [1.807, 2.05) is 20.8 Å². The lowest BCUT2D eigenvalue weighted by Crippen LogP contribution is -2.56. The van der Waals surface area contributed by atoms with Gasteiger partial charge in [0.05, 0.1) is 11.1 Å². The van der Waals surface area contributed by atoms with E-state index in [1.54, 1.807) is 0 Å². The Bertz CT molecular complexity index is 260. The maximum atomic E-state index is 11.9. The van der Waals surface area contributed by atoms with E-state index in [1.165, 1.54) is 0 Å².